The van der Waals surface area contributed by atoms with Crippen molar-refractivity contribution in [3.05, 3.63) is 77.3 Å². The van der Waals surface area contributed by atoms with Crippen molar-refractivity contribution in [2.75, 3.05) is 5.43 Å². The highest BCUT2D eigenvalue weighted by Gasteiger charge is 2.20. The molecular formula is C14H10ClN5O6. The Morgan fingerprint density at radius 2 is 1.62 bits per heavy atom. The van der Waals surface area contributed by atoms with Gasteiger partial charge >= 0.3 is 5.69 Å². The van der Waals surface area contributed by atoms with Gasteiger partial charge in [-0.1, -0.05) is 11.6 Å². The lowest BCUT2D eigenvalue weighted by molar-refractivity contribution is -0.393. The third kappa shape index (κ3) is 4.08. The van der Waals surface area contributed by atoms with E-state index in [9.17, 15) is 30.3 Å². The van der Waals surface area contributed by atoms with Gasteiger partial charge in [-0.2, -0.15) is 5.10 Å². The lowest BCUT2D eigenvalue weighted by Gasteiger charge is -2.06. The summed E-state index contributed by atoms with van der Waals surface area (Å²) in [6.45, 7) is 1.46. The molecule has 2 rings (SSSR count). The van der Waals surface area contributed by atoms with Crippen LogP contribution >= 0.6 is 11.6 Å². The first-order valence-electron chi connectivity index (χ1n) is 6.88. The van der Waals surface area contributed by atoms with Gasteiger partial charge in [0.05, 0.1) is 32.1 Å². The van der Waals surface area contributed by atoms with E-state index in [0.717, 1.165) is 24.3 Å². The van der Waals surface area contributed by atoms with Gasteiger partial charge in [0.2, 0.25) is 0 Å². The summed E-state index contributed by atoms with van der Waals surface area (Å²) < 4.78 is 0. The van der Waals surface area contributed by atoms with E-state index < -0.39 is 26.1 Å². The fraction of sp³-hybridized carbons (Fsp3) is 0.0714. The summed E-state index contributed by atoms with van der Waals surface area (Å²) in [5, 5.41) is 37.0. The van der Waals surface area contributed by atoms with Crippen LogP contribution < -0.4 is 5.43 Å². The minimum Gasteiger partial charge on any atom is -0.271 e. The van der Waals surface area contributed by atoms with Gasteiger partial charge in [0, 0.05) is 17.2 Å². The number of nitrogens with one attached hydrogen (secondary N) is 1. The van der Waals surface area contributed by atoms with Crippen molar-refractivity contribution in [1.29, 1.82) is 0 Å². The van der Waals surface area contributed by atoms with Crippen LogP contribution in [0.1, 0.15) is 12.5 Å². The first kappa shape index (κ1) is 18.7. The number of nitro benzene ring substituents is 3. The van der Waals surface area contributed by atoms with E-state index in [4.69, 9.17) is 11.6 Å². The van der Waals surface area contributed by atoms with Crippen molar-refractivity contribution in [3.63, 3.8) is 0 Å². The number of rotatable bonds is 6. The molecule has 11 nitrogen and oxygen atoms in total. The molecule has 0 aromatic heterocycles. The number of hydrogen-bond acceptors (Lipinski definition) is 8. The van der Waals surface area contributed by atoms with Crippen LogP contribution in [0, 0.1) is 30.3 Å². The smallest absolute Gasteiger partial charge is 0.271 e. The van der Waals surface area contributed by atoms with Crippen LogP contribution in [0.25, 0.3) is 0 Å². The van der Waals surface area contributed by atoms with Crippen molar-refractivity contribution in [2.45, 2.75) is 6.92 Å². The minimum atomic E-state index is -0.801. The summed E-state index contributed by atoms with van der Waals surface area (Å²) in [4.78, 5) is 30.7. The first-order chi connectivity index (χ1) is 12.2. The van der Waals surface area contributed by atoms with E-state index in [2.05, 4.69) is 10.5 Å². The molecule has 0 saturated heterocycles. The number of hydrogen-bond donors (Lipinski definition) is 1. The van der Waals surface area contributed by atoms with Gasteiger partial charge in [-0.3, -0.25) is 35.8 Å². The van der Waals surface area contributed by atoms with Gasteiger partial charge in [-0.05, 0) is 25.1 Å². The fourth-order valence-electron chi connectivity index (χ4n) is 2.05. The zero-order chi connectivity index (χ0) is 19.4. The molecule has 0 aliphatic rings. The van der Waals surface area contributed by atoms with Gasteiger partial charge in [0.15, 0.2) is 0 Å². The van der Waals surface area contributed by atoms with Crippen LogP contribution in [0.15, 0.2) is 41.5 Å². The standard InChI is InChI=1S/C14H10ClN5O6/c1-8(11-4-2-9(15)6-13(11)19(23)24)16-17-12-5-3-10(18(21)22)7-14(12)20(25)26/h2-7,17H,1H3. The predicted octanol–water partition coefficient (Wildman–Crippen LogP) is 3.90. The average Bonchev–Trinajstić information content (AvgIpc) is 2.59. The topological polar surface area (TPSA) is 154 Å². The normalized spacial score (nSPS) is 11.1. The zero-order valence-corrected chi connectivity index (χ0v) is 13.8. The molecule has 0 unspecified atom stereocenters. The molecule has 0 heterocycles. The lowest BCUT2D eigenvalue weighted by Crippen LogP contribution is -2.05. The molecule has 2 aromatic carbocycles. The average molecular weight is 380 g/mol. The Morgan fingerprint density at radius 3 is 2.19 bits per heavy atom. The first-order valence-corrected chi connectivity index (χ1v) is 7.26. The molecule has 12 heteroatoms. The Morgan fingerprint density at radius 1 is 0.962 bits per heavy atom. The fourth-order valence-corrected chi connectivity index (χ4v) is 2.21. The van der Waals surface area contributed by atoms with Crippen molar-refractivity contribution in [2.24, 2.45) is 5.10 Å². The Labute approximate surface area is 150 Å². The lowest BCUT2D eigenvalue weighted by atomic mass is 10.1. The van der Waals surface area contributed by atoms with Crippen LogP contribution in [0.3, 0.4) is 0 Å². The quantitative estimate of drug-likeness (QED) is 0.453. The summed E-state index contributed by atoms with van der Waals surface area (Å²) in [5.41, 5.74) is 1.36. The maximum absolute atomic E-state index is 11.1. The minimum absolute atomic E-state index is 0.100. The third-order valence-electron chi connectivity index (χ3n) is 3.28. The molecule has 0 saturated carbocycles. The van der Waals surface area contributed by atoms with Crippen LogP contribution in [-0.4, -0.2) is 20.5 Å². The second-order valence-corrected chi connectivity index (χ2v) is 5.38. The van der Waals surface area contributed by atoms with Crippen molar-refractivity contribution < 1.29 is 14.8 Å². The summed E-state index contributed by atoms with van der Waals surface area (Å²) >= 11 is 5.74. The SMILES string of the molecule is CC(=NNc1ccc([N+](=O)[O-])cc1[N+](=O)[O-])c1ccc(Cl)cc1[N+](=O)[O-]. The van der Waals surface area contributed by atoms with E-state index >= 15 is 0 Å². The Balaban J connectivity index is 2.40. The highest BCUT2D eigenvalue weighted by atomic mass is 35.5. The van der Waals surface area contributed by atoms with Gasteiger partial charge in [-0.15, -0.1) is 0 Å². The third-order valence-corrected chi connectivity index (χ3v) is 3.51. The van der Waals surface area contributed by atoms with Crippen molar-refractivity contribution in [3.8, 4) is 0 Å². The summed E-state index contributed by atoms with van der Waals surface area (Å²) in [6.07, 6.45) is 0. The number of halogens is 1. The highest BCUT2D eigenvalue weighted by Crippen LogP contribution is 2.29. The van der Waals surface area contributed by atoms with E-state index in [1.54, 1.807) is 0 Å². The predicted molar refractivity (Wildman–Crippen MR) is 93.7 cm³/mol. The number of hydrazone groups is 1. The molecule has 0 fully saturated rings. The van der Waals surface area contributed by atoms with Crippen LogP contribution in [0.5, 0.6) is 0 Å². The summed E-state index contributed by atoms with van der Waals surface area (Å²) in [7, 11) is 0. The van der Waals surface area contributed by atoms with Gasteiger partial charge < -0.3 is 0 Å². The summed E-state index contributed by atoms with van der Waals surface area (Å²) in [6, 6.07) is 6.98. The molecule has 0 atom stereocenters. The van der Waals surface area contributed by atoms with E-state index in [-0.39, 0.29) is 27.7 Å². The zero-order valence-electron chi connectivity index (χ0n) is 13.1. The van der Waals surface area contributed by atoms with Crippen LogP contribution in [-0.2, 0) is 0 Å². The second kappa shape index (κ2) is 7.53. The van der Waals surface area contributed by atoms with Gasteiger partial charge in [0.1, 0.15) is 5.69 Å². The molecule has 2 aromatic rings. The number of anilines is 1. The van der Waals surface area contributed by atoms with Gasteiger partial charge in [0.25, 0.3) is 11.4 Å². The molecule has 1 N–H and O–H groups in total. The van der Waals surface area contributed by atoms with E-state index in [1.165, 1.54) is 19.1 Å². The molecule has 0 radical (unpaired) electrons. The molecular weight excluding hydrogens is 370 g/mol. The summed E-state index contributed by atoms with van der Waals surface area (Å²) in [5.74, 6) is 0. The number of nitrogens with zero attached hydrogens (tertiary/aromatic N) is 4. The van der Waals surface area contributed by atoms with Crippen molar-refractivity contribution in [1.82, 2.24) is 0 Å². The Bertz CT molecular complexity index is 945. The molecule has 0 spiro atoms. The molecule has 0 aliphatic heterocycles. The van der Waals surface area contributed by atoms with Crippen LogP contribution in [0.4, 0.5) is 22.7 Å². The Hall–Kier alpha value is -3.60. The maximum atomic E-state index is 11.1. The van der Waals surface area contributed by atoms with E-state index in [0.29, 0.717) is 0 Å². The molecule has 0 aliphatic carbocycles. The number of nitro groups is 3. The monoisotopic (exact) mass is 379 g/mol. The molecule has 26 heavy (non-hydrogen) atoms. The largest absolute Gasteiger partial charge is 0.301 e. The van der Waals surface area contributed by atoms with Crippen molar-refractivity contribution >= 4 is 40.1 Å². The maximum Gasteiger partial charge on any atom is 0.301 e. The molecule has 0 bridgehead atoms. The molecule has 0 amide bonds. The molecule has 134 valence electrons. The van der Waals surface area contributed by atoms with E-state index in [1.807, 2.05) is 0 Å². The second-order valence-electron chi connectivity index (χ2n) is 4.94. The highest BCUT2D eigenvalue weighted by molar-refractivity contribution is 6.31. The number of benzene rings is 2. The number of non-ortho nitro benzene ring substituents is 1. The Kier molecular flexibility index (Phi) is 5.42. The van der Waals surface area contributed by atoms with Crippen LogP contribution in [0.2, 0.25) is 5.02 Å². The van der Waals surface area contributed by atoms with Gasteiger partial charge in [-0.25, -0.2) is 0 Å².